The zero-order chi connectivity index (χ0) is 16.1. The molecule has 0 radical (unpaired) electrons. The van der Waals surface area contributed by atoms with Crippen molar-refractivity contribution < 1.29 is 9.90 Å². The molecule has 2 heterocycles. The van der Waals surface area contributed by atoms with Gasteiger partial charge in [0, 0.05) is 30.9 Å². The molecule has 2 N–H and O–H groups in total. The van der Waals surface area contributed by atoms with Gasteiger partial charge in [-0.3, -0.25) is 4.79 Å². The Hall–Kier alpha value is -1.85. The van der Waals surface area contributed by atoms with Crippen LogP contribution in [0.3, 0.4) is 0 Å². The summed E-state index contributed by atoms with van der Waals surface area (Å²) in [6.45, 7) is 2.42. The van der Waals surface area contributed by atoms with E-state index in [-0.39, 0.29) is 12.5 Å². The molecule has 1 aliphatic heterocycles. The topological polar surface area (TPSA) is 52.6 Å². The van der Waals surface area contributed by atoms with Crippen molar-refractivity contribution in [3.8, 4) is 0 Å². The van der Waals surface area contributed by atoms with Gasteiger partial charge in [0.2, 0.25) is 0 Å². The maximum absolute atomic E-state index is 12.2. The molecule has 1 unspecified atom stereocenters. The van der Waals surface area contributed by atoms with Crippen LogP contribution >= 0.6 is 11.3 Å². The summed E-state index contributed by atoms with van der Waals surface area (Å²) < 4.78 is 0. The predicted molar refractivity (Wildman–Crippen MR) is 94.1 cm³/mol. The number of benzene rings is 1. The van der Waals surface area contributed by atoms with E-state index in [0.29, 0.717) is 5.56 Å². The molecular weight excluding hydrogens is 308 g/mol. The molecule has 1 aromatic carbocycles. The fourth-order valence-electron chi connectivity index (χ4n) is 2.85. The quantitative estimate of drug-likeness (QED) is 0.885. The molecule has 1 aliphatic rings. The third-order valence-corrected chi connectivity index (χ3v) is 4.94. The van der Waals surface area contributed by atoms with E-state index in [1.165, 1.54) is 36.3 Å². The minimum absolute atomic E-state index is 0.149. The molecule has 1 atom stereocenters. The highest BCUT2D eigenvalue weighted by molar-refractivity contribution is 7.07. The summed E-state index contributed by atoms with van der Waals surface area (Å²) in [6.07, 6.45) is 3.13. The molecule has 4 nitrogen and oxygen atoms in total. The first-order valence-electron chi connectivity index (χ1n) is 8.07. The summed E-state index contributed by atoms with van der Waals surface area (Å²) in [5.41, 5.74) is 2.65. The standard InChI is InChI=1S/C18H22N2O2S/c21-17(15-8-11-23-13-15)12-19-18(22)14-4-6-16(7-5-14)20-9-2-1-3-10-20/h4-8,11,13,17,21H,1-3,9-10,12H2,(H,19,22). The van der Waals surface area contributed by atoms with Gasteiger partial charge >= 0.3 is 0 Å². The number of hydrogen-bond acceptors (Lipinski definition) is 4. The first kappa shape index (κ1) is 16.0. The third-order valence-electron chi connectivity index (χ3n) is 4.23. The van der Waals surface area contributed by atoms with Crippen LogP contribution in [0.25, 0.3) is 0 Å². The number of amides is 1. The van der Waals surface area contributed by atoms with Crippen LogP contribution in [0.2, 0.25) is 0 Å². The third kappa shape index (κ3) is 4.12. The van der Waals surface area contributed by atoms with Crippen LogP contribution < -0.4 is 10.2 Å². The molecule has 2 aromatic rings. The second-order valence-electron chi connectivity index (χ2n) is 5.88. The van der Waals surface area contributed by atoms with E-state index < -0.39 is 6.10 Å². The zero-order valence-electron chi connectivity index (χ0n) is 13.1. The SMILES string of the molecule is O=C(NCC(O)c1ccsc1)c1ccc(N2CCCCC2)cc1. The Balaban J connectivity index is 1.55. The van der Waals surface area contributed by atoms with Gasteiger partial charge in [0.05, 0.1) is 6.10 Å². The van der Waals surface area contributed by atoms with Crippen LogP contribution in [0.15, 0.2) is 41.1 Å². The fourth-order valence-corrected chi connectivity index (χ4v) is 3.56. The number of nitrogens with zero attached hydrogens (tertiary/aromatic N) is 1. The first-order chi connectivity index (χ1) is 11.2. The maximum Gasteiger partial charge on any atom is 0.251 e. The molecule has 5 heteroatoms. The number of rotatable bonds is 5. The molecule has 1 fully saturated rings. The predicted octanol–water partition coefficient (Wildman–Crippen LogP) is 3.20. The van der Waals surface area contributed by atoms with Crippen LogP contribution in [-0.4, -0.2) is 30.6 Å². The van der Waals surface area contributed by atoms with Gasteiger partial charge < -0.3 is 15.3 Å². The van der Waals surface area contributed by atoms with Crippen molar-refractivity contribution in [3.63, 3.8) is 0 Å². The fraction of sp³-hybridized carbons (Fsp3) is 0.389. The lowest BCUT2D eigenvalue weighted by molar-refractivity contribution is 0.0916. The molecule has 0 aliphatic carbocycles. The lowest BCUT2D eigenvalue weighted by atomic mass is 10.1. The molecule has 1 aromatic heterocycles. The summed E-state index contributed by atoms with van der Waals surface area (Å²) in [7, 11) is 0. The van der Waals surface area contributed by atoms with Gasteiger partial charge in [0.25, 0.3) is 5.91 Å². The Bertz CT molecular complexity index is 619. The smallest absolute Gasteiger partial charge is 0.251 e. The van der Waals surface area contributed by atoms with Gasteiger partial charge in [0.1, 0.15) is 0 Å². The van der Waals surface area contributed by atoms with E-state index in [0.717, 1.165) is 18.7 Å². The minimum atomic E-state index is -0.655. The molecule has 1 saturated heterocycles. The van der Waals surface area contributed by atoms with Crippen molar-refractivity contribution in [2.75, 3.05) is 24.5 Å². The summed E-state index contributed by atoms with van der Waals surface area (Å²) in [4.78, 5) is 14.5. The van der Waals surface area contributed by atoms with Gasteiger partial charge in [0.15, 0.2) is 0 Å². The molecule has 1 amide bonds. The number of nitrogens with one attached hydrogen (secondary N) is 1. The van der Waals surface area contributed by atoms with Crippen LogP contribution in [0.4, 0.5) is 5.69 Å². The van der Waals surface area contributed by atoms with Gasteiger partial charge in [-0.1, -0.05) is 0 Å². The number of aliphatic hydroxyl groups excluding tert-OH is 1. The molecular formula is C18H22N2O2S. The van der Waals surface area contributed by atoms with Gasteiger partial charge in [-0.2, -0.15) is 11.3 Å². The molecule has 0 saturated carbocycles. The van der Waals surface area contributed by atoms with Crippen molar-refractivity contribution >= 4 is 22.9 Å². The highest BCUT2D eigenvalue weighted by atomic mass is 32.1. The van der Waals surface area contributed by atoms with E-state index >= 15 is 0 Å². The van der Waals surface area contributed by atoms with Crippen LogP contribution in [-0.2, 0) is 0 Å². The zero-order valence-corrected chi connectivity index (χ0v) is 13.9. The average Bonchev–Trinajstić information content (AvgIpc) is 3.15. The summed E-state index contributed by atoms with van der Waals surface area (Å²) in [5.74, 6) is -0.149. The maximum atomic E-state index is 12.2. The molecule has 122 valence electrons. The van der Waals surface area contributed by atoms with Crippen molar-refractivity contribution in [1.82, 2.24) is 5.32 Å². The lowest BCUT2D eigenvalue weighted by Gasteiger charge is -2.28. The average molecular weight is 330 g/mol. The van der Waals surface area contributed by atoms with Crippen LogP contribution in [0.5, 0.6) is 0 Å². The molecule has 0 spiro atoms. The van der Waals surface area contributed by atoms with E-state index in [1.54, 1.807) is 0 Å². The Morgan fingerprint density at radius 3 is 2.57 bits per heavy atom. The Morgan fingerprint density at radius 1 is 1.17 bits per heavy atom. The van der Waals surface area contributed by atoms with E-state index in [4.69, 9.17) is 0 Å². The Kier molecular flexibility index (Phi) is 5.31. The molecule has 3 rings (SSSR count). The number of aliphatic hydroxyl groups is 1. The first-order valence-corrected chi connectivity index (χ1v) is 9.02. The number of thiophene rings is 1. The second-order valence-corrected chi connectivity index (χ2v) is 6.66. The van der Waals surface area contributed by atoms with Crippen molar-refractivity contribution in [3.05, 3.63) is 52.2 Å². The number of carbonyl (C=O) groups is 1. The summed E-state index contributed by atoms with van der Waals surface area (Å²) >= 11 is 1.54. The molecule has 0 bridgehead atoms. The van der Waals surface area contributed by atoms with Crippen molar-refractivity contribution in [2.24, 2.45) is 0 Å². The Morgan fingerprint density at radius 2 is 1.91 bits per heavy atom. The minimum Gasteiger partial charge on any atom is -0.387 e. The number of hydrogen-bond donors (Lipinski definition) is 2. The number of carbonyl (C=O) groups excluding carboxylic acids is 1. The number of anilines is 1. The largest absolute Gasteiger partial charge is 0.387 e. The highest BCUT2D eigenvalue weighted by Gasteiger charge is 2.13. The second kappa shape index (κ2) is 7.62. The molecule has 23 heavy (non-hydrogen) atoms. The van der Waals surface area contributed by atoms with E-state index in [9.17, 15) is 9.90 Å². The van der Waals surface area contributed by atoms with Gasteiger partial charge in [-0.05, 0) is 65.9 Å². The summed E-state index contributed by atoms with van der Waals surface area (Å²) in [6, 6.07) is 9.60. The lowest BCUT2D eigenvalue weighted by Crippen LogP contribution is -2.30. The van der Waals surface area contributed by atoms with Gasteiger partial charge in [-0.25, -0.2) is 0 Å². The monoisotopic (exact) mass is 330 g/mol. The van der Waals surface area contributed by atoms with E-state index in [1.807, 2.05) is 41.1 Å². The van der Waals surface area contributed by atoms with E-state index in [2.05, 4.69) is 10.2 Å². The Labute approximate surface area is 140 Å². The normalized spacial score (nSPS) is 16.1. The number of piperidine rings is 1. The highest BCUT2D eigenvalue weighted by Crippen LogP contribution is 2.20. The van der Waals surface area contributed by atoms with Crippen LogP contribution in [0.1, 0.15) is 41.3 Å². The van der Waals surface area contributed by atoms with Gasteiger partial charge in [-0.15, -0.1) is 0 Å². The van der Waals surface area contributed by atoms with Crippen LogP contribution in [0, 0.1) is 0 Å². The summed E-state index contributed by atoms with van der Waals surface area (Å²) in [5, 5.41) is 16.6. The van der Waals surface area contributed by atoms with Crippen molar-refractivity contribution in [1.29, 1.82) is 0 Å². The van der Waals surface area contributed by atoms with Crippen molar-refractivity contribution in [2.45, 2.75) is 25.4 Å².